The van der Waals surface area contributed by atoms with Crippen LogP contribution in [0.1, 0.15) is 130 Å². The van der Waals surface area contributed by atoms with Gasteiger partial charge < -0.3 is 23.4 Å². The van der Waals surface area contributed by atoms with Crippen LogP contribution in [0, 0.1) is 24.2 Å². The smallest absolute Gasteiger partial charge is 0.261 e. The first-order chi connectivity index (χ1) is 31.4. The zero-order valence-corrected chi connectivity index (χ0v) is 43.6. The lowest BCUT2D eigenvalue weighted by Crippen LogP contribution is -2.67. The number of carbonyl (C=O) groups excluding carboxylic acids is 1. The Kier molecular flexibility index (Phi) is 18.2. The molecule has 66 heavy (non-hydrogen) atoms. The molecule has 3 aromatic carbocycles. The second-order valence-electron chi connectivity index (χ2n) is 20.9. The van der Waals surface area contributed by atoms with Gasteiger partial charge in [-0.3, -0.25) is 4.79 Å². The van der Waals surface area contributed by atoms with Gasteiger partial charge in [0.2, 0.25) is 0 Å². The van der Waals surface area contributed by atoms with Crippen LogP contribution in [0.15, 0.2) is 120 Å². The molecular weight excluding hydrogens is 855 g/mol. The van der Waals surface area contributed by atoms with Crippen LogP contribution in [-0.4, -0.2) is 62.7 Å². The van der Waals surface area contributed by atoms with Crippen molar-refractivity contribution in [3.05, 3.63) is 136 Å². The predicted octanol–water partition coefficient (Wildman–Crippen LogP) is 12.5. The van der Waals surface area contributed by atoms with Gasteiger partial charge in [0.15, 0.2) is 12.1 Å². The minimum atomic E-state index is -2.78. The molecule has 0 N–H and O–H groups in total. The van der Waals surface area contributed by atoms with Crippen molar-refractivity contribution in [2.45, 2.75) is 169 Å². The topological polar surface area (TPSA) is 76.1 Å². The van der Waals surface area contributed by atoms with Gasteiger partial charge in [-0.15, -0.1) is 11.3 Å². The monoisotopic (exact) mass is 934 g/mol. The first-order valence-electron chi connectivity index (χ1n) is 24.6. The Labute approximate surface area is 402 Å². The minimum Gasteiger partial charge on any atom is -0.401 e. The number of Topliss-reactive ketones (excluding diaryl/α,β-unsaturated/α-hetero) is 1. The second kappa shape index (κ2) is 23.2. The highest BCUT2D eigenvalue weighted by molar-refractivity contribution is 7.09. The zero-order chi connectivity index (χ0) is 47.5. The molecule has 0 radical (unpaired) electrons. The van der Waals surface area contributed by atoms with Gasteiger partial charge in [-0.2, -0.15) is 0 Å². The Morgan fingerprint density at radius 2 is 1.58 bits per heavy atom. The van der Waals surface area contributed by atoms with E-state index in [4.69, 9.17) is 28.4 Å². The fourth-order valence-electron chi connectivity index (χ4n) is 10.3. The predicted molar refractivity (Wildman–Crippen MR) is 274 cm³/mol. The number of ketones is 1. The molecule has 0 bridgehead atoms. The molecule has 9 heteroatoms. The van der Waals surface area contributed by atoms with E-state index in [1.54, 1.807) is 11.3 Å². The third kappa shape index (κ3) is 13.2. The molecule has 1 aromatic heterocycles. The van der Waals surface area contributed by atoms with Crippen molar-refractivity contribution >= 4 is 35.8 Å². The SMILES string of the molecule is C=C(C)[C@H](CC=C(C)CCC[C@H](C)[C@@H](OC1CCCCO1)C(Cc1ccccc1)C(=O)C(C)(Cc1csc(C)n1)[C@@H]1CCOC(C)(C)O1)O[Si](c1ccccc1)(c1ccccc1)C(C)(C)C. The van der Waals surface area contributed by atoms with E-state index < -0.39 is 25.4 Å². The van der Waals surface area contributed by atoms with Gasteiger partial charge in [0, 0.05) is 24.3 Å². The van der Waals surface area contributed by atoms with Crippen LogP contribution in [-0.2, 0) is 41.0 Å². The van der Waals surface area contributed by atoms with Crippen LogP contribution < -0.4 is 10.4 Å². The van der Waals surface area contributed by atoms with Crippen molar-refractivity contribution in [3.8, 4) is 0 Å². The maximum atomic E-state index is 15.9. The molecule has 2 aliphatic rings. The van der Waals surface area contributed by atoms with E-state index in [-0.39, 0.29) is 41.3 Å². The lowest BCUT2D eigenvalue weighted by atomic mass is 9.67. The Morgan fingerprint density at radius 3 is 2.12 bits per heavy atom. The molecule has 358 valence electrons. The largest absolute Gasteiger partial charge is 0.401 e. The Morgan fingerprint density at radius 1 is 0.939 bits per heavy atom. The van der Waals surface area contributed by atoms with E-state index in [0.29, 0.717) is 32.5 Å². The number of hydrogen-bond acceptors (Lipinski definition) is 8. The summed E-state index contributed by atoms with van der Waals surface area (Å²) in [6, 6.07) is 32.2. The average Bonchev–Trinajstić information content (AvgIpc) is 3.71. The molecule has 3 unspecified atom stereocenters. The molecule has 0 spiro atoms. The van der Waals surface area contributed by atoms with Crippen molar-refractivity contribution in [3.63, 3.8) is 0 Å². The molecule has 0 amide bonds. The quantitative estimate of drug-likeness (QED) is 0.0574. The number of benzene rings is 3. The van der Waals surface area contributed by atoms with Gasteiger partial charge in [0.05, 0.1) is 41.0 Å². The van der Waals surface area contributed by atoms with Gasteiger partial charge in [0.25, 0.3) is 8.32 Å². The Balaban J connectivity index is 1.26. The molecule has 7 atom stereocenters. The van der Waals surface area contributed by atoms with Gasteiger partial charge in [-0.25, -0.2) is 4.98 Å². The van der Waals surface area contributed by atoms with Crippen LogP contribution in [0.3, 0.4) is 0 Å². The highest BCUT2D eigenvalue weighted by Gasteiger charge is 2.53. The summed E-state index contributed by atoms with van der Waals surface area (Å²) in [5.41, 5.74) is 3.52. The molecule has 0 aliphatic carbocycles. The lowest BCUT2D eigenvalue weighted by Gasteiger charge is -2.46. The first kappa shape index (κ1) is 51.8. The van der Waals surface area contributed by atoms with Crippen LogP contribution in [0.2, 0.25) is 5.04 Å². The number of nitrogens with zero attached hydrogens (tertiary/aromatic N) is 1. The lowest BCUT2D eigenvalue weighted by molar-refractivity contribution is -0.291. The van der Waals surface area contributed by atoms with Crippen molar-refractivity contribution < 1.29 is 28.2 Å². The van der Waals surface area contributed by atoms with Crippen molar-refractivity contribution in [2.75, 3.05) is 13.2 Å². The summed E-state index contributed by atoms with van der Waals surface area (Å²) in [7, 11) is -2.78. The molecule has 0 saturated carbocycles. The zero-order valence-electron chi connectivity index (χ0n) is 41.8. The van der Waals surface area contributed by atoms with Crippen molar-refractivity contribution in [1.82, 2.24) is 4.98 Å². The molecule has 6 rings (SSSR count). The van der Waals surface area contributed by atoms with Crippen LogP contribution in [0.4, 0.5) is 0 Å². The molecule has 3 heterocycles. The summed E-state index contributed by atoms with van der Waals surface area (Å²) >= 11 is 1.62. The number of rotatable bonds is 22. The summed E-state index contributed by atoms with van der Waals surface area (Å²) in [5, 5.41) is 5.49. The fourth-order valence-corrected chi connectivity index (χ4v) is 15.7. The van der Waals surface area contributed by atoms with Crippen molar-refractivity contribution in [2.24, 2.45) is 17.3 Å². The Bertz CT molecular complexity index is 2120. The summed E-state index contributed by atoms with van der Waals surface area (Å²) in [6.45, 7) is 27.3. The first-order valence-corrected chi connectivity index (χ1v) is 27.4. The van der Waals surface area contributed by atoms with E-state index in [1.165, 1.54) is 15.9 Å². The van der Waals surface area contributed by atoms with Gasteiger partial charge in [0.1, 0.15) is 5.78 Å². The average molecular weight is 934 g/mol. The summed E-state index contributed by atoms with van der Waals surface area (Å²) < 4.78 is 33.7. The third-order valence-electron chi connectivity index (χ3n) is 14.0. The molecule has 2 aliphatic heterocycles. The van der Waals surface area contributed by atoms with E-state index in [9.17, 15) is 0 Å². The van der Waals surface area contributed by atoms with E-state index in [0.717, 1.165) is 66.8 Å². The Hall–Kier alpha value is -3.54. The maximum Gasteiger partial charge on any atom is 0.261 e. The minimum absolute atomic E-state index is 0.0699. The standard InChI is InChI=1S/C57H79NO6SSi/c1-41(2)50(64-66(55(6,7)8,47-28-17-13-18-29-47)48-30-19-14-20-31-48)34-33-42(3)24-23-25-43(4)53(62-52-32-21-22-36-60-52)49(38-45-26-15-12-16-27-45)54(59)57(11,39-46-40-65-44(5)58-46)51-35-37-61-56(9,10)63-51/h12-20,26-31,33,40,43,49-53H,1,21-25,32,34-39H2,2-11H3/t43-,49?,50-,51-,52?,53+,57?/m0/s1. The molecule has 2 fully saturated rings. The van der Waals surface area contributed by atoms with Crippen LogP contribution in [0.5, 0.6) is 0 Å². The molecule has 4 aromatic rings. The molecule has 7 nitrogen and oxygen atoms in total. The normalized spacial score (nSPS) is 21.0. The van der Waals surface area contributed by atoms with Crippen molar-refractivity contribution in [1.29, 1.82) is 0 Å². The molecule has 2 saturated heterocycles. The summed E-state index contributed by atoms with van der Waals surface area (Å²) in [6.07, 6.45) is 9.25. The number of aryl methyl sites for hydroxylation is 1. The van der Waals surface area contributed by atoms with Gasteiger partial charge >= 0.3 is 0 Å². The summed E-state index contributed by atoms with van der Waals surface area (Å²) in [4.78, 5) is 20.8. The second-order valence-corrected chi connectivity index (χ2v) is 26.2. The van der Waals surface area contributed by atoms with Crippen LogP contribution >= 0.6 is 11.3 Å². The number of hydrogen-bond donors (Lipinski definition) is 0. The van der Waals surface area contributed by atoms with Crippen LogP contribution in [0.25, 0.3) is 0 Å². The number of thiazole rings is 1. The highest BCUT2D eigenvalue weighted by Crippen LogP contribution is 2.43. The number of ether oxygens (including phenoxy) is 4. The third-order valence-corrected chi connectivity index (χ3v) is 19.8. The highest BCUT2D eigenvalue weighted by atomic mass is 32.1. The van der Waals surface area contributed by atoms with Gasteiger partial charge in [-0.05, 0) is 126 Å². The number of aromatic nitrogens is 1. The number of carbonyl (C=O) groups is 1. The fraction of sp³-hybridized carbons (Fsp3) is 0.544. The van der Waals surface area contributed by atoms with E-state index in [1.807, 2.05) is 26.8 Å². The van der Waals surface area contributed by atoms with Gasteiger partial charge in [-0.1, -0.05) is 142 Å². The molecular formula is C57H79NO6SSi. The number of allylic oxidation sites excluding steroid dienone is 1. The van der Waals surface area contributed by atoms with E-state index >= 15 is 4.79 Å². The summed E-state index contributed by atoms with van der Waals surface area (Å²) in [5.74, 6) is -1.02. The maximum absolute atomic E-state index is 15.9. The van der Waals surface area contributed by atoms with E-state index in [2.05, 4.69) is 151 Å².